The van der Waals surface area contributed by atoms with Crippen LogP contribution in [0.1, 0.15) is 11.1 Å². The van der Waals surface area contributed by atoms with Crippen molar-refractivity contribution in [2.75, 3.05) is 0 Å². The molecule has 1 aromatic heterocycles. The number of fused-ring (bicyclic) bond motifs is 1. The average Bonchev–Trinajstić information content (AvgIpc) is 2.83. The first kappa shape index (κ1) is 19.8. The summed E-state index contributed by atoms with van der Waals surface area (Å²) in [5, 5.41) is 1.73. The highest BCUT2D eigenvalue weighted by molar-refractivity contribution is 5.88. The summed E-state index contributed by atoms with van der Waals surface area (Å²) in [6, 6.07) is 35.7. The Balaban J connectivity index is 1.61. The molecule has 0 atom stereocenters. The molecule has 156 valence electrons. The number of pyridine rings is 1. The number of para-hydroxylation sites is 1. The number of benzene rings is 4. The van der Waals surface area contributed by atoms with Gasteiger partial charge in [0.2, 0.25) is 0 Å². The van der Waals surface area contributed by atoms with Gasteiger partial charge < -0.3 is 9.30 Å². The molecule has 1 heterocycles. The summed E-state index contributed by atoms with van der Waals surface area (Å²) < 4.78 is 7.80. The number of aromatic nitrogens is 1. The Bertz CT molecular complexity index is 1420. The second-order valence-corrected chi connectivity index (χ2v) is 7.88. The standard InChI is InChI=1S/C29H23NO2/c1-21-9-8-14-26-27(21)19-28(30(29(26)31)20-22-10-4-2-5-11-22)23-15-17-25(18-16-23)32-24-12-6-3-7-13-24/h2-19H,20H2,1H3. The Morgan fingerprint density at radius 2 is 1.34 bits per heavy atom. The predicted octanol–water partition coefficient (Wildman–Crippen LogP) is 6.82. The number of ether oxygens (including phenoxy) is 1. The largest absolute Gasteiger partial charge is 0.457 e. The first-order chi connectivity index (χ1) is 15.7. The van der Waals surface area contributed by atoms with Gasteiger partial charge in [0.05, 0.1) is 12.2 Å². The van der Waals surface area contributed by atoms with E-state index >= 15 is 0 Å². The maximum Gasteiger partial charge on any atom is 0.259 e. The smallest absolute Gasteiger partial charge is 0.259 e. The van der Waals surface area contributed by atoms with Crippen LogP contribution >= 0.6 is 0 Å². The van der Waals surface area contributed by atoms with Gasteiger partial charge in [-0.25, -0.2) is 0 Å². The third-order valence-electron chi connectivity index (χ3n) is 5.68. The van der Waals surface area contributed by atoms with E-state index in [4.69, 9.17) is 4.74 Å². The summed E-state index contributed by atoms with van der Waals surface area (Å²) in [4.78, 5) is 13.5. The lowest BCUT2D eigenvalue weighted by atomic mass is 10.0. The fourth-order valence-corrected chi connectivity index (χ4v) is 4.01. The van der Waals surface area contributed by atoms with Crippen molar-refractivity contribution in [2.24, 2.45) is 0 Å². The van der Waals surface area contributed by atoms with Crippen LogP contribution in [0.3, 0.4) is 0 Å². The van der Waals surface area contributed by atoms with Crippen LogP contribution in [0.15, 0.2) is 114 Å². The van der Waals surface area contributed by atoms with Crippen LogP contribution in [0.25, 0.3) is 22.0 Å². The van der Waals surface area contributed by atoms with Gasteiger partial charge in [-0.1, -0.05) is 60.7 Å². The molecule has 0 bridgehead atoms. The van der Waals surface area contributed by atoms with Crippen LogP contribution in [-0.4, -0.2) is 4.57 Å². The lowest BCUT2D eigenvalue weighted by Crippen LogP contribution is -2.23. The molecule has 0 unspecified atom stereocenters. The molecule has 4 aromatic carbocycles. The van der Waals surface area contributed by atoms with Crippen LogP contribution in [0, 0.1) is 6.92 Å². The molecule has 0 radical (unpaired) electrons. The summed E-state index contributed by atoms with van der Waals surface area (Å²) in [6.45, 7) is 2.56. The topological polar surface area (TPSA) is 31.2 Å². The average molecular weight is 418 g/mol. The summed E-state index contributed by atoms with van der Waals surface area (Å²) in [6.07, 6.45) is 0. The third kappa shape index (κ3) is 3.93. The molecule has 0 spiro atoms. The zero-order valence-electron chi connectivity index (χ0n) is 17.9. The summed E-state index contributed by atoms with van der Waals surface area (Å²) in [5.41, 5.74) is 4.08. The van der Waals surface area contributed by atoms with Crippen molar-refractivity contribution < 1.29 is 4.74 Å². The van der Waals surface area contributed by atoms with Crippen molar-refractivity contribution in [3.63, 3.8) is 0 Å². The fraction of sp³-hybridized carbons (Fsp3) is 0.0690. The highest BCUT2D eigenvalue weighted by Gasteiger charge is 2.13. The molecule has 3 nitrogen and oxygen atoms in total. The van der Waals surface area contributed by atoms with Crippen LogP contribution in [0.4, 0.5) is 0 Å². The number of nitrogens with zero attached hydrogens (tertiary/aromatic N) is 1. The van der Waals surface area contributed by atoms with Gasteiger partial charge in [0, 0.05) is 5.39 Å². The van der Waals surface area contributed by atoms with Gasteiger partial charge in [0.25, 0.3) is 5.56 Å². The summed E-state index contributed by atoms with van der Waals surface area (Å²) in [5.74, 6) is 1.55. The van der Waals surface area contributed by atoms with Gasteiger partial charge in [-0.15, -0.1) is 0 Å². The molecule has 3 heteroatoms. The first-order valence-corrected chi connectivity index (χ1v) is 10.7. The van der Waals surface area contributed by atoms with Crippen molar-refractivity contribution in [2.45, 2.75) is 13.5 Å². The van der Waals surface area contributed by atoms with Crippen LogP contribution in [-0.2, 0) is 6.54 Å². The van der Waals surface area contributed by atoms with E-state index in [1.54, 1.807) is 0 Å². The van der Waals surface area contributed by atoms with Crippen molar-refractivity contribution in [3.8, 4) is 22.8 Å². The molecule has 0 aliphatic carbocycles. The molecule has 0 aliphatic heterocycles. The van der Waals surface area contributed by atoms with E-state index in [9.17, 15) is 4.79 Å². The van der Waals surface area contributed by atoms with Crippen molar-refractivity contribution in [1.29, 1.82) is 0 Å². The van der Waals surface area contributed by atoms with Crippen LogP contribution in [0.5, 0.6) is 11.5 Å². The minimum Gasteiger partial charge on any atom is -0.457 e. The zero-order valence-corrected chi connectivity index (χ0v) is 17.9. The van der Waals surface area contributed by atoms with Crippen molar-refractivity contribution >= 4 is 10.8 Å². The lowest BCUT2D eigenvalue weighted by molar-refractivity contribution is 0.483. The molecule has 0 N–H and O–H groups in total. The molecule has 0 saturated heterocycles. The third-order valence-corrected chi connectivity index (χ3v) is 5.68. The van der Waals surface area contributed by atoms with E-state index in [0.717, 1.165) is 44.7 Å². The SMILES string of the molecule is Cc1cccc2c(=O)n(Cc3ccccc3)c(-c3ccc(Oc4ccccc4)cc3)cc12. The summed E-state index contributed by atoms with van der Waals surface area (Å²) in [7, 11) is 0. The summed E-state index contributed by atoms with van der Waals surface area (Å²) >= 11 is 0. The van der Waals surface area contributed by atoms with Crippen molar-refractivity contribution in [3.05, 3.63) is 131 Å². The molecule has 0 fully saturated rings. The quantitative estimate of drug-likeness (QED) is 0.314. The molecule has 5 rings (SSSR count). The first-order valence-electron chi connectivity index (χ1n) is 10.7. The predicted molar refractivity (Wildman–Crippen MR) is 130 cm³/mol. The van der Waals surface area contributed by atoms with Gasteiger partial charge >= 0.3 is 0 Å². The van der Waals surface area contributed by atoms with Crippen LogP contribution in [0.2, 0.25) is 0 Å². The Morgan fingerprint density at radius 1 is 0.688 bits per heavy atom. The maximum atomic E-state index is 13.5. The van der Waals surface area contributed by atoms with Gasteiger partial charge in [0.1, 0.15) is 11.5 Å². The Morgan fingerprint density at radius 3 is 2.06 bits per heavy atom. The normalized spacial score (nSPS) is 10.9. The van der Waals surface area contributed by atoms with Crippen LogP contribution < -0.4 is 10.3 Å². The minimum atomic E-state index is 0.0228. The van der Waals surface area contributed by atoms with E-state index in [1.807, 2.05) is 115 Å². The Hall–Kier alpha value is -4.11. The van der Waals surface area contributed by atoms with Gasteiger partial charge in [-0.05, 0) is 77.5 Å². The van der Waals surface area contributed by atoms with E-state index < -0.39 is 0 Å². The number of hydrogen-bond acceptors (Lipinski definition) is 2. The molecule has 5 aromatic rings. The van der Waals surface area contributed by atoms with Gasteiger partial charge in [-0.3, -0.25) is 4.79 Å². The zero-order chi connectivity index (χ0) is 21.9. The van der Waals surface area contributed by atoms with Crippen molar-refractivity contribution in [1.82, 2.24) is 4.57 Å². The number of rotatable bonds is 5. The molecule has 32 heavy (non-hydrogen) atoms. The van der Waals surface area contributed by atoms with Gasteiger partial charge in [0.15, 0.2) is 0 Å². The second kappa shape index (κ2) is 8.56. The van der Waals surface area contributed by atoms with E-state index in [1.165, 1.54) is 0 Å². The highest BCUT2D eigenvalue weighted by atomic mass is 16.5. The Labute approximate surface area is 187 Å². The molecule has 0 aliphatic rings. The Kier molecular flexibility index (Phi) is 5.30. The monoisotopic (exact) mass is 417 g/mol. The molecular weight excluding hydrogens is 394 g/mol. The number of hydrogen-bond donors (Lipinski definition) is 0. The van der Waals surface area contributed by atoms with Gasteiger partial charge in [-0.2, -0.15) is 0 Å². The van der Waals surface area contributed by atoms with E-state index in [2.05, 4.69) is 6.07 Å². The fourth-order valence-electron chi connectivity index (χ4n) is 4.01. The minimum absolute atomic E-state index is 0.0228. The lowest BCUT2D eigenvalue weighted by Gasteiger charge is -2.16. The second-order valence-electron chi connectivity index (χ2n) is 7.88. The molecular formula is C29H23NO2. The highest BCUT2D eigenvalue weighted by Crippen LogP contribution is 2.28. The number of aryl methyl sites for hydroxylation is 1. The van der Waals surface area contributed by atoms with E-state index in [0.29, 0.717) is 6.54 Å². The maximum absolute atomic E-state index is 13.5. The molecule has 0 saturated carbocycles. The molecule has 0 amide bonds. The van der Waals surface area contributed by atoms with E-state index in [-0.39, 0.29) is 5.56 Å².